The zero-order valence-electron chi connectivity index (χ0n) is 7.32. The van der Waals surface area contributed by atoms with Crippen molar-refractivity contribution in [3.05, 3.63) is 12.2 Å². The highest BCUT2D eigenvalue weighted by Crippen LogP contribution is 2.14. The molecule has 0 saturated carbocycles. The number of nitrogens with zero attached hydrogens (tertiary/aromatic N) is 3. The van der Waals surface area contributed by atoms with Gasteiger partial charge in [0, 0.05) is 6.61 Å². The van der Waals surface area contributed by atoms with Crippen molar-refractivity contribution >= 4 is 11.6 Å². The van der Waals surface area contributed by atoms with E-state index in [2.05, 4.69) is 10.1 Å². The lowest BCUT2D eigenvalue weighted by Crippen LogP contribution is -2.17. The molecule has 1 aliphatic heterocycles. The van der Waals surface area contributed by atoms with E-state index in [4.69, 9.17) is 16.3 Å². The zero-order chi connectivity index (χ0) is 9.10. The van der Waals surface area contributed by atoms with Gasteiger partial charge in [-0.15, -0.1) is 11.6 Å². The van der Waals surface area contributed by atoms with E-state index in [9.17, 15) is 0 Å². The third-order valence-corrected chi connectivity index (χ3v) is 2.45. The summed E-state index contributed by atoms with van der Waals surface area (Å²) in [6, 6.07) is 0. The highest BCUT2D eigenvalue weighted by molar-refractivity contribution is 6.16. The largest absolute Gasteiger partial charge is 0.376 e. The highest BCUT2D eigenvalue weighted by atomic mass is 35.5. The Labute approximate surface area is 81.9 Å². The first-order valence-corrected chi connectivity index (χ1v) is 4.98. The fourth-order valence-electron chi connectivity index (χ4n) is 1.53. The number of hydrogen-bond donors (Lipinski definition) is 0. The van der Waals surface area contributed by atoms with E-state index in [1.54, 1.807) is 0 Å². The second-order valence-electron chi connectivity index (χ2n) is 3.13. The molecule has 1 aromatic rings. The SMILES string of the molecule is ClCc1ncnn1CC1CCCO1. The molecule has 1 fully saturated rings. The number of alkyl halides is 1. The van der Waals surface area contributed by atoms with Gasteiger partial charge in [-0.25, -0.2) is 9.67 Å². The van der Waals surface area contributed by atoms with Gasteiger partial charge in [-0.2, -0.15) is 5.10 Å². The van der Waals surface area contributed by atoms with Gasteiger partial charge in [0.25, 0.3) is 0 Å². The molecule has 1 aliphatic rings. The van der Waals surface area contributed by atoms with Gasteiger partial charge in [0.15, 0.2) is 0 Å². The van der Waals surface area contributed by atoms with E-state index >= 15 is 0 Å². The zero-order valence-corrected chi connectivity index (χ0v) is 8.07. The predicted octanol–water partition coefficient (Wildman–Crippen LogP) is 1.20. The van der Waals surface area contributed by atoms with Crippen LogP contribution in [0, 0.1) is 0 Å². The van der Waals surface area contributed by atoms with Crippen LogP contribution >= 0.6 is 11.6 Å². The van der Waals surface area contributed by atoms with Crippen LogP contribution in [0.4, 0.5) is 0 Å². The van der Waals surface area contributed by atoms with Crippen LogP contribution < -0.4 is 0 Å². The number of aromatic nitrogens is 3. The van der Waals surface area contributed by atoms with Crippen LogP contribution in [0.3, 0.4) is 0 Å². The van der Waals surface area contributed by atoms with Gasteiger partial charge in [0.2, 0.25) is 0 Å². The Morgan fingerprint density at radius 1 is 1.69 bits per heavy atom. The molecule has 13 heavy (non-hydrogen) atoms. The molecule has 0 radical (unpaired) electrons. The van der Waals surface area contributed by atoms with Crippen LogP contribution in [0.5, 0.6) is 0 Å². The summed E-state index contributed by atoms with van der Waals surface area (Å²) in [7, 11) is 0. The first kappa shape index (κ1) is 8.97. The van der Waals surface area contributed by atoms with Gasteiger partial charge in [0.05, 0.1) is 18.5 Å². The Morgan fingerprint density at radius 2 is 2.62 bits per heavy atom. The molecule has 1 unspecified atom stereocenters. The van der Waals surface area contributed by atoms with Crippen molar-refractivity contribution in [2.24, 2.45) is 0 Å². The van der Waals surface area contributed by atoms with Gasteiger partial charge in [0.1, 0.15) is 12.2 Å². The Bertz CT molecular complexity index is 270. The molecule has 1 aromatic heterocycles. The predicted molar refractivity (Wildman–Crippen MR) is 48.6 cm³/mol. The van der Waals surface area contributed by atoms with Gasteiger partial charge in [-0.05, 0) is 12.8 Å². The molecule has 0 bridgehead atoms. The monoisotopic (exact) mass is 201 g/mol. The van der Waals surface area contributed by atoms with Crippen molar-refractivity contribution in [1.29, 1.82) is 0 Å². The van der Waals surface area contributed by atoms with Crippen molar-refractivity contribution < 1.29 is 4.74 Å². The summed E-state index contributed by atoms with van der Waals surface area (Å²) in [5.74, 6) is 1.23. The lowest BCUT2D eigenvalue weighted by atomic mass is 10.2. The molecule has 4 nitrogen and oxygen atoms in total. The van der Waals surface area contributed by atoms with Crippen molar-refractivity contribution in [1.82, 2.24) is 14.8 Å². The van der Waals surface area contributed by atoms with E-state index in [0.717, 1.165) is 31.8 Å². The second-order valence-corrected chi connectivity index (χ2v) is 3.39. The molecule has 1 atom stereocenters. The summed E-state index contributed by atoms with van der Waals surface area (Å²) < 4.78 is 7.32. The number of rotatable bonds is 3. The topological polar surface area (TPSA) is 39.9 Å². The molecule has 0 aromatic carbocycles. The maximum atomic E-state index is 5.69. The standard InChI is InChI=1S/C8H12ClN3O/c9-4-8-10-6-11-12(8)5-7-2-1-3-13-7/h6-7H,1-5H2. The minimum Gasteiger partial charge on any atom is -0.376 e. The Morgan fingerprint density at radius 3 is 3.31 bits per heavy atom. The Kier molecular flexibility index (Phi) is 2.80. The maximum Gasteiger partial charge on any atom is 0.141 e. The molecule has 72 valence electrons. The third-order valence-electron chi connectivity index (χ3n) is 2.22. The van der Waals surface area contributed by atoms with Crippen LogP contribution in [0.2, 0.25) is 0 Å². The van der Waals surface area contributed by atoms with E-state index in [1.165, 1.54) is 6.33 Å². The molecule has 0 amide bonds. The molecule has 0 aliphatic carbocycles. The first-order valence-electron chi connectivity index (χ1n) is 4.44. The van der Waals surface area contributed by atoms with Gasteiger partial charge in [-0.3, -0.25) is 0 Å². The minimum absolute atomic E-state index is 0.295. The van der Waals surface area contributed by atoms with Crippen molar-refractivity contribution in [2.75, 3.05) is 6.61 Å². The Balaban J connectivity index is 1.99. The van der Waals surface area contributed by atoms with E-state index in [-0.39, 0.29) is 0 Å². The molecule has 2 heterocycles. The Hall–Kier alpha value is -0.610. The highest BCUT2D eigenvalue weighted by Gasteiger charge is 2.17. The summed E-state index contributed by atoms with van der Waals surface area (Å²) in [6.45, 7) is 1.65. The summed E-state index contributed by atoms with van der Waals surface area (Å²) in [5, 5.41) is 4.09. The van der Waals surface area contributed by atoms with E-state index in [0.29, 0.717) is 12.0 Å². The number of ether oxygens (including phenoxy) is 1. The normalized spacial score (nSPS) is 22.4. The fourth-order valence-corrected chi connectivity index (χ4v) is 1.73. The van der Waals surface area contributed by atoms with Gasteiger partial charge >= 0.3 is 0 Å². The molecule has 5 heteroatoms. The van der Waals surface area contributed by atoms with Gasteiger partial charge in [-0.1, -0.05) is 0 Å². The van der Waals surface area contributed by atoms with Crippen LogP contribution in [0.15, 0.2) is 6.33 Å². The average Bonchev–Trinajstić information content (AvgIpc) is 2.76. The van der Waals surface area contributed by atoms with E-state index in [1.807, 2.05) is 4.68 Å². The van der Waals surface area contributed by atoms with Crippen LogP contribution in [0.25, 0.3) is 0 Å². The molecule has 1 saturated heterocycles. The summed E-state index contributed by atoms with van der Waals surface area (Å²) in [4.78, 5) is 4.04. The number of hydrogen-bond acceptors (Lipinski definition) is 3. The second kappa shape index (κ2) is 4.07. The molecule has 0 spiro atoms. The average molecular weight is 202 g/mol. The smallest absolute Gasteiger partial charge is 0.141 e. The molecule has 0 N–H and O–H groups in total. The minimum atomic E-state index is 0.295. The van der Waals surface area contributed by atoms with Crippen molar-refractivity contribution in [3.8, 4) is 0 Å². The lowest BCUT2D eigenvalue weighted by molar-refractivity contribution is 0.0932. The van der Waals surface area contributed by atoms with Crippen LogP contribution in [-0.2, 0) is 17.2 Å². The summed E-state index contributed by atoms with van der Waals surface area (Å²) in [5.41, 5.74) is 0. The van der Waals surface area contributed by atoms with E-state index < -0.39 is 0 Å². The fraction of sp³-hybridized carbons (Fsp3) is 0.750. The number of halogens is 1. The van der Waals surface area contributed by atoms with Crippen LogP contribution in [-0.4, -0.2) is 27.5 Å². The van der Waals surface area contributed by atoms with Crippen LogP contribution in [0.1, 0.15) is 18.7 Å². The van der Waals surface area contributed by atoms with Crippen molar-refractivity contribution in [3.63, 3.8) is 0 Å². The summed E-state index contributed by atoms with van der Waals surface area (Å²) in [6.07, 6.45) is 4.09. The quantitative estimate of drug-likeness (QED) is 0.690. The summed E-state index contributed by atoms with van der Waals surface area (Å²) >= 11 is 5.69. The van der Waals surface area contributed by atoms with Crippen molar-refractivity contribution in [2.45, 2.75) is 31.4 Å². The van der Waals surface area contributed by atoms with Gasteiger partial charge < -0.3 is 4.74 Å². The maximum absolute atomic E-state index is 5.69. The molecular weight excluding hydrogens is 190 g/mol. The third kappa shape index (κ3) is 2.00. The molecular formula is C8H12ClN3O. The molecule has 2 rings (SSSR count). The lowest BCUT2D eigenvalue weighted by Gasteiger charge is -2.09. The first-order chi connectivity index (χ1) is 6.40.